The van der Waals surface area contributed by atoms with E-state index in [9.17, 15) is 0 Å². The van der Waals surface area contributed by atoms with E-state index in [2.05, 4.69) is 35.6 Å². The quantitative estimate of drug-likeness (QED) is 0.852. The van der Waals surface area contributed by atoms with E-state index in [-0.39, 0.29) is 0 Å². The van der Waals surface area contributed by atoms with Gasteiger partial charge in [0, 0.05) is 12.0 Å². The van der Waals surface area contributed by atoms with E-state index in [1.807, 2.05) is 0 Å². The van der Waals surface area contributed by atoms with Gasteiger partial charge in [0.05, 0.1) is 0 Å². The number of rotatable bonds is 5. The average molecular weight is 258 g/mol. The zero-order chi connectivity index (χ0) is 13.1. The summed E-state index contributed by atoms with van der Waals surface area (Å²) in [5.41, 5.74) is 7.25. The Morgan fingerprint density at radius 1 is 1.00 bits per heavy atom. The molecule has 104 valence electrons. The van der Waals surface area contributed by atoms with Crippen LogP contribution in [0, 0.1) is 11.8 Å². The number of nitrogens with two attached hydrogens (primary N) is 1. The van der Waals surface area contributed by atoms with Crippen LogP contribution in [-0.4, -0.2) is 19.1 Å². The van der Waals surface area contributed by atoms with Crippen molar-refractivity contribution in [3.05, 3.63) is 35.9 Å². The molecular weight excluding hydrogens is 232 g/mol. The Morgan fingerprint density at radius 3 is 2.37 bits per heavy atom. The second kappa shape index (κ2) is 6.06. The lowest BCUT2D eigenvalue weighted by Crippen LogP contribution is -2.30. The fraction of sp³-hybridized carbons (Fsp3) is 0.647. The first kappa shape index (κ1) is 13.1. The molecule has 0 radical (unpaired) electrons. The van der Waals surface area contributed by atoms with Crippen molar-refractivity contribution in [2.75, 3.05) is 13.1 Å². The summed E-state index contributed by atoms with van der Waals surface area (Å²) in [5.74, 6) is 2.45. The predicted octanol–water partition coefficient (Wildman–Crippen LogP) is 2.90. The number of hydrogen-bond donors (Lipinski definition) is 2. The average Bonchev–Trinajstić information content (AvgIpc) is 3.26. The van der Waals surface area contributed by atoms with Gasteiger partial charge < -0.3 is 11.1 Å². The molecule has 19 heavy (non-hydrogen) atoms. The Labute approximate surface area is 116 Å². The molecule has 0 bridgehead atoms. The highest BCUT2D eigenvalue weighted by Gasteiger charge is 2.38. The van der Waals surface area contributed by atoms with Gasteiger partial charge in [-0.25, -0.2) is 0 Å². The number of benzene rings is 1. The number of nitrogens with one attached hydrogen (secondary N) is 1. The molecule has 0 spiro atoms. The maximum atomic E-state index is 5.75. The molecule has 1 aromatic rings. The zero-order valence-electron chi connectivity index (χ0n) is 11.7. The lowest BCUT2D eigenvalue weighted by Gasteiger charge is -2.27. The molecule has 2 saturated carbocycles. The maximum Gasteiger partial charge on any atom is 0.0143 e. The Morgan fingerprint density at radius 2 is 1.68 bits per heavy atom. The first-order valence-electron chi connectivity index (χ1n) is 7.85. The lowest BCUT2D eigenvalue weighted by molar-refractivity contribution is 0.271. The Balaban J connectivity index is 1.38. The highest BCUT2D eigenvalue weighted by atomic mass is 15.0. The van der Waals surface area contributed by atoms with Crippen LogP contribution in [0.2, 0.25) is 0 Å². The van der Waals surface area contributed by atoms with E-state index in [0.717, 1.165) is 30.3 Å². The van der Waals surface area contributed by atoms with Crippen molar-refractivity contribution in [1.29, 1.82) is 0 Å². The van der Waals surface area contributed by atoms with Crippen LogP contribution in [0.3, 0.4) is 0 Å². The lowest BCUT2D eigenvalue weighted by atomic mass is 9.82. The normalized spacial score (nSPS) is 34.2. The van der Waals surface area contributed by atoms with Gasteiger partial charge in [0.15, 0.2) is 0 Å². The Bertz CT molecular complexity index is 382. The van der Waals surface area contributed by atoms with Crippen LogP contribution in [0.5, 0.6) is 0 Å². The van der Waals surface area contributed by atoms with Crippen LogP contribution in [0.15, 0.2) is 30.3 Å². The van der Waals surface area contributed by atoms with Crippen molar-refractivity contribution < 1.29 is 0 Å². The molecule has 0 aromatic heterocycles. The van der Waals surface area contributed by atoms with Gasteiger partial charge in [0.1, 0.15) is 0 Å². The van der Waals surface area contributed by atoms with E-state index in [4.69, 9.17) is 5.73 Å². The Hall–Kier alpha value is -0.860. The first-order valence-corrected chi connectivity index (χ1v) is 7.85. The fourth-order valence-electron chi connectivity index (χ4n) is 3.48. The highest BCUT2D eigenvalue weighted by Crippen LogP contribution is 2.41. The zero-order valence-corrected chi connectivity index (χ0v) is 11.7. The molecule has 2 fully saturated rings. The molecule has 2 aliphatic rings. The van der Waals surface area contributed by atoms with Gasteiger partial charge in [0.2, 0.25) is 0 Å². The van der Waals surface area contributed by atoms with Crippen LogP contribution < -0.4 is 11.1 Å². The molecule has 3 N–H and O–H groups in total. The van der Waals surface area contributed by atoms with E-state index in [1.165, 1.54) is 44.2 Å². The molecule has 0 aliphatic heterocycles. The smallest absolute Gasteiger partial charge is 0.0143 e. The summed E-state index contributed by atoms with van der Waals surface area (Å²) >= 11 is 0. The predicted molar refractivity (Wildman–Crippen MR) is 80.1 cm³/mol. The van der Waals surface area contributed by atoms with E-state index in [0.29, 0.717) is 0 Å². The summed E-state index contributed by atoms with van der Waals surface area (Å²) in [4.78, 5) is 0. The molecule has 3 rings (SSSR count). The molecule has 0 heterocycles. The van der Waals surface area contributed by atoms with E-state index in [1.54, 1.807) is 0 Å². The van der Waals surface area contributed by atoms with Crippen molar-refractivity contribution in [3.63, 3.8) is 0 Å². The SMILES string of the molecule is NCC1CCC(CNC2CC2c2ccccc2)CC1. The van der Waals surface area contributed by atoms with Gasteiger partial charge in [-0.15, -0.1) is 0 Å². The molecule has 0 amide bonds. The summed E-state index contributed by atoms with van der Waals surface area (Å²) in [6, 6.07) is 11.7. The third-order valence-corrected chi connectivity index (χ3v) is 4.99. The molecule has 2 aliphatic carbocycles. The fourth-order valence-corrected chi connectivity index (χ4v) is 3.48. The third-order valence-electron chi connectivity index (χ3n) is 4.99. The van der Waals surface area contributed by atoms with Crippen molar-refractivity contribution in [2.24, 2.45) is 17.6 Å². The molecule has 1 aromatic carbocycles. The second-order valence-corrected chi connectivity index (χ2v) is 6.39. The minimum Gasteiger partial charge on any atom is -0.330 e. The topological polar surface area (TPSA) is 38.0 Å². The van der Waals surface area contributed by atoms with Crippen LogP contribution in [0.4, 0.5) is 0 Å². The minimum atomic E-state index is 0.731. The van der Waals surface area contributed by atoms with Gasteiger partial charge >= 0.3 is 0 Å². The minimum absolute atomic E-state index is 0.731. The molecule has 2 unspecified atom stereocenters. The van der Waals surface area contributed by atoms with Gasteiger partial charge in [0.25, 0.3) is 0 Å². The molecular formula is C17H26N2. The second-order valence-electron chi connectivity index (χ2n) is 6.39. The maximum absolute atomic E-state index is 5.75. The van der Waals surface area contributed by atoms with Gasteiger partial charge in [-0.3, -0.25) is 0 Å². The summed E-state index contributed by atoms with van der Waals surface area (Å²) in [5, 5.41) is 3.78. The number of hydrogen-bond acceptors (Lipinski definition) is 2. The standard InChI is InChI=1S/C17H26N2/c18-11-13-6-8-14(9-7-13)12-19-17-10-16(17)15-4-2-1-3-5-15/h1-5,13-14,16-17,19H,6-12,18H2. The van der Waals surface area contributed by atoms with E-state index >= 15 is 0 Å². The van der Waals surface area contributed by atoms with Crippen molar-refractivity contribution in [3.8, 4) is 0 Å². The third kappa shape index (κ3) is 3.37. The molecule has 2 atom stereocenters. The first-order chi connectivity index (χ1) is 9.36. The summed E-state index contributed by atoms with van der Waals surface area (Å²) < 4.78 is 0. The van der Waals surface area contributed by atoms with E-state index < -0.39 is 0 Å². The van der Waals surface area contributed by atoms with Gasteiger partial charge in [-0.2, -0.15) is 0 Å². The van der Waals surface area contributed by atoms with Gasteiger partial charge in [-0.1, -0.05) is 30.3 Å². The summed E-state index contributed by atoms with van der Waals surface area (Å²) in [7, 11) is 0. The largest absolute Gasteiger partial charge is 0.330 e. The molecule has 0 saturated heterocycles. The Kier molecular flexibility index (Phi) is 4.19. The summed E-state index contributed by atoms with van der Waals surface area (Å²) in [6.45, 7) is 2.10. The van der Waals surface area contributed by atoms with Crippen LogP contribution in [0.25, 0.3) is 0 Å². The van der Waals surface area contributed by atoms with Crippen molar-refractivity contribution in [1.82, 2.24) is 5.32 Å². The summed E-state index contributed by atoms with van der Waals surface area (Å²) in [6.07, 6.45) is 6.75. The van der Waals surface area contributed by atoms with Crippen LogP contribution in [0.1, 0.15) is 43.6 Å². The monoisotopic (exact) mass is 258 g/mol. The van der Waals surface area contributed by atoms with Crippen molar-refractivity contribution >= 4 is 0 Å². The molecule has 2 nitrogen and oxygen atoms in total. The van der Waals surface area contributed by atoms with Crippen LogP contribution in [-0.2, 0) is 0 Å². The molecule has 2 heteroatoms. The van der Waals surface area contributed by atoms with Gasteiger partial charge in [-0.05, 0) is 62.6 Å². The van der Waals surface area contributed by atoms with Crippen molar-refractivity contribution in [2.45, 2.75) is 44.1 Å². The highest BCUT2D eigenvalue weighted by molar-refractivity contribution is 5.27. The van der Waals surface area contributed by atoms with Crippen LogP contribution >= 0.6 is 0 Å².